The van der Waals surface area contributed by atoms with Crippen LogP contribution in [0, 0.1) is 0 Å². The molecule has 0 atom stereocenters. The largest absolute Gasteiger partial charge is 0.334 e. The lowest BCUT2D eigenvalue weighted by molar-refractivity contribution is -0.116. The zero-order chi connectivity index (χ0) is 10.7. The van der Waals surface area contributed by atoms with Crippen molar-refractivity contribution in [2.75, 3.05) is 0 Å². The number of carbonyl (C=O) groups excluding carboxylic acids is 1. The van der Waals surface area contributed by atoms with Gasteiger partial charge in [-0.25, -0.2) is 0 Å². The van der Waals surface area contributed by atoms with Gasteiger partial charge in [0, 0.05) is 12.4 Å². The second-order valence-corrected chi connectivity index (χ2v) is 3.14. The number of hydrogen-bond donors (Lipinski definition) is 0. The Morgan fingerprint density at radius 3 is 3.07 bits per heavy atom. The molecule has 0 unspecified atom stereocenters. The average Bonchev–Trinajstić information content (AvgIpc) is 2.67. The Labute approximate surface area is 86.1 Å². The molecule has 15 heavy (non-hydrogen) atoms. The van der Waals surface area contributed by atoms with Gasteiger partial charge in [0.1, 0.15) is 5.78 Å². The molecule has 0 saturated heterocycles. The summed E-state index contributed by atoms with van der Waals surface area (Å²) in [6.07, 6.45) is 3.49. The van der Waals surface area contributed by atoms with Gasteiger partial charge in [-0.05, 0) is 19.1 Å². The Morgan fingerprint density at radius 2 is 2.40 bits per heavy atom. The van der Waals surface area contributed by atoms with Crippen LogP contribution in [0.1, 0.15) is 12.7 Å². The van der Waals surface area contributed by atoms with E-state index in [1.165, 1.54) is 6.92 Å². The highest BCUT2D eigenvalue weighted by atomic mass is 16.5. The zero-order valence-corrected chi connectivity index (χ0v) is 8.17. The van der Waals surface area contributed by atoms with Gasteiger partial charge in [0.25, 0.3) is 5.89 Å². The molecule has 2 rings (SSSR count). The minimum absolute atomic E-state index is 0.00790. The van der Waals surface area contributed by atoms with Gasteiger partial charge in [-0.2, -0.15) is 4.98 Å². The summed E-state index contributed by atoms with van der Waals surface area (Å²) >= 11 is 0. The van der Waals surface area contributed by atoms with Gasteiger partial charge >= 0.3 is 0 Å². The highest BCUT2D eigenvalue weighted by Crippen LogP contribution is 2.14. The van der Waals surface area contributed by atoms with Gasteiger partial charge in [-0.15, -0.1) is 0 Å². The molecule has 0 fully saturated rings. The fraction of sp³-hybridized carbons (Fsp3) is 0.200. The van der Waals surface area contributed by atoms with Gasteiger partial charge in [0.15, 0.2) is 5.82 Å². The van der Waals surface area contributed by atoms with Gasteiger partial charge < -0.3 is 4.52 Å². The van der Waals surface area contributed by atoms with E-state index in [4.69, 9.17) is 4.52 Å². The minimum Gasteiger partial charge on any atom is -0.334 e. The highest BCUT2D eigenvalue weighted by Gasteiger charge is 2.09. The van der Waals surface area contributed by atoms with Crippen molar-refractivity contribution in [2.45, 2.75) is 13.3 Å². The average molecular weight is 203 g/mol. The van der Waals surface area contributed by atoms with Crippen LogP contribution in [-0.4, -0.2) is 20.9 Å². The van der Waals surface area contributed by atoms with Crippen molar-refractivity contribution in [3.05, 3.63) is 30.4 Å². The summed E-state index contributed by atoms with van der Waals surface area (Å²) in [6.45, 7) is 1.49. The fourth-order valence-electron chi connectivity index (χ4n) is 1.15. The SMILES string of the molecule is CC(=O)Cc1noc(-c2cccnc2)n1. The fourth-order valence-corrected chi connectivity index (χ4v) is 1.15. The number of carbonyl (C=O) groups is 1. The predicted octanol–water partition coefficient (Wildman–Crippen LogP) is 1.26. The summed E-state index contributed by atoms with van der Waals surface area (Å²) < 4.78 is 5.00. The summed E-state index contributed by atoms with van der Waals surface area (Å²) in [4.78, 5) is 18.8. The molecule has 0 N–H and O–H groups in total. The Bertz CT molecular complexity index is 465. The van der Waals surface area contributed by atoms with Crippen LogP contribution in [0.5, 0.6) is 0 Å². The summed E-state index contributed by atoms with van der Waals surface area (Å²) in [5, 5.41) is 3.70. The minimum atomic E-state index is 0.00790. The number of ketones is 1. The Hall–Kier alpha value is -2.04. The van der Waals surface area contributed by atoms with Crippen LogP contribution >= 0.6 is 0 Å². The Kier molecular flexibility index (Phi) is 2.53. The third kappa shape index (κ3) is 2.25. The molecule has 76 valence electrons. The Morgan fingerprint density at radius 1 is 1.53 bits per heavy atom. The maximum absolute atomic E-state index is 10.8. The van der Waals surface area contributed by atoms with Crippen LogP contribution < -0.4 is 0 Å². The monoisotopic (exact) mass is 203 g/mol. The molecule has 5 heteroatoms. The van der Waals surface area contributed by atoms with E-state index in [1.807, 2.05) is 6.07 Å². The molecule has 0 radical (unpaired) electrons. The standard InChI is InChI=1S/C10H9N3O2/c1-7(14)5-9-12-10(15-13-9)8-3-2-4-11-6-8/h2-4,6H,5H2,1H3. The first-order valence-electron chi connectivity index (χ1n) is 4.48. The predicted molar refractivity (Wildman–Crippen MR) is 51.9 cm³/mol. The number of rotatable bonds is 3. The van der Waals surface area contributed by atoms with Crippen molar-refractivity contribution < 1.29 is 9.32 Å². The van der Waals surface area contributed by atoms with Crippen LogP contribution in [-0.2, 0) is 11.2 Å². The number of pyridine rings is 1. The van der Waals surface area contributed by atoms with Crippen molar-refractivity contribution in [1.29, 1.82) is 0 Å². The lowest BCUT2D eigenvalue weighted by Gasteiger charge is -1.89. The third-order valence-electron chi connectivity index (χ3n) is 1.78. The van der Waals surface area contributed by atoms with Crippen molar-refractivity contribution in [1.82, 2.24) is 15.1 Å². The van der Waals surface area contributed by atoms with E-state index < -0.39 is 0 Å². The van der Waals surface area contributed by atoms with E-state index in [1.54, 1.807) is 18.5 Å². The van der Waals surface area contributed by atoms with Gasteiger partial charge in [-0.1, -0.05) is 5.16 Å². The molecule has 2 heterocycles. The lowest BCUT2D eigenvalue weighted by Crippen LogP contribution is -1.97. The normalized spacial score (nSPS) is 10.2. The van der Waals surface area contributed by atoms with Crippen LogP contribution in [0.3, 0.4) is 0 Å². The number of nitrogens with zero attached hydrogens (tertiary/aromatic N) is 3. The van der Waals surface area contributed by atoms with Crippen LogP contribution in [0.15, 0.2) is 29.0 Å². The molecule has 2 aromatic rings. The highest BCUT2D eigenvalue weighted by molar-refractivity contribution is 5.77. The molecule has 0 amide bonds. The molecule has 0 aliphatic heterocycles. The third-order valence-corrected chi connectivity index (χ3v) is 1.78. The zero-order valence-electron chi connectivity index (χ0n) is 8.17. The number of hydrogen-bond acceptors (Lipinski definition) is 5. The van der Waals surface area contributed by atoms with Crippen LogP contribution in [0.2, 0.25) is 0 Å². The number of aromatic nitrogens is 3. The molecule has 0 saturated carbocycles. The first kappa shape index (κ1) is 9.51. The molecular weight excluding hydrogens is 194 g/mol. The summed E-state index contributed by atoms with van der Waals surface area (Å²) in [5.74, 6) is 0.800. The number of Topliss-reactive ketones (excluding diaryl/α,β-unsaturated/α-hetero) is 1. The molecule has 0 aromatic carbocycles. The topological polar surface area (TPSA) is 68.9 Å². The van der Waals surface area contributed by atoms with E-state index in [9.17, 15) is 4.79 Å². The molecular formula is C10H9N3O2. The van der Waals surface area contributed by atoms with Crippen molar-refractivity contribution in [2.24, 2.45) is 0 Å². The first-order chi connectivity index (χ1) is 7.25. The van der Waals surface area contributed by atoms with Crippen molar-refractivity contribution in [3.8, 4) is 11.5 Å². The lowest BCUT2D eigenvalue weighted by atomic mass is 10.3. The maximum atomic E-state index is 10.8. The molecule has 5 nitrogen and oxygen atoms in total. The van der Waals surface area contributed by atoms with Crippen LogP contribution in [0.4, 0.5) is 0 Å². The van der Waals surface area contributed by atoms with E-state index in [-0.39, 0.29) is 12.2 Å². The second-order valence-electron chi connectivity index (χ2n) is 3.14. The summed E-state index contributed by atoms with van der Waals surface area (Å²) in [5.41, 5.74) is 0.750. The van der Waals surface area contributed by atoms with E-state index >= 15 is 0 Å². The van der Waals surface area contributed by atoms with Gasteiger partial charge in [0.05, 0.1) is 12.0 Å². The van der Waals surface area contributed by atoms with Crippen molar-refractivity contribution in [3.63, 3.8) is 0 Å². The summed E-state index contributed by atoms with van der Waals surface area (Å²) in [7, 11) is 0. The van der Waals surface area contributed by atoms with E-state index in [0.717, 1.165) is 5.56 Å². The van der Waals surface area contributed by atoms with Gasteiger partial charge in [-0.3, -0.25) is 9.78 Å². The van der Waals surface area contributed by atoms with E-state index in [2.05, 4.69) is 15.1 Å². The summed E-state index contributed by atoms with van der Waals surface area (Å²) in [6, 6.07) is 3.60. The van der Waals surface area contributed by atoms with E-state index in [0.29, 0.717) is 11.7 Å². The smallest absolute Gasteiger partial charge is 0.259 e. The molecule has 2 aromatic heterocycles. The molecule has 0 aliphatic carbocycles. The quantitative estimate of drug-likeness (QED) is 0.751. The van der Waals surface area contributed by atoms with Gasteiger partial charge in [0.2, 0.25) is 0 Å². The molecule has 0 spiro atoms. The maximum Gasteiger partial charge on any atom is 0.259 e. The second kappa shape index (κ2) is 4.00. The first-order valence-corrected chi connectivity index (χ1v) is 4.48. The Balaban J connectivity index is 2.24. The molecule has 0 aliphatic rings. The molecule has 0 bridgehead atoms. The van der Waals surface area contributed by atoms with Crippen LogP contribution in [0.25, 0.3) is 11.5 Å². The van der Waals surface area contributed by atoms with Crippen molar-refractivity contribution >= 4 is 5.78 Å².